The molecule has 4 rings (SSSR count). The van der Waals surface area contributed by atoms with Gasteiger partial charge < -0.3 is 9.73 Å². The lowest BCUT2D eigenvalue weighted by Gasteiger charge is -2.09. The summed E-state index contributed by atoms with van der Waals surface area (Å²) in [6.45, 7) is 0.395. The minimum absolute atomic E-state index is 0.116. The van der Waals surface area contributed by atoms with E-state index in [0.29, 0.717) is 23.1 Å². The molecule has 4 aromatic rings. The Morgan fingerprint density at radius 2 is 1.81 bits per heavy atom. The predicted molar refractivity (Wildman–Crippen MR) is 105 cm³/mol. The Bertz CT molecular complexity index is 1030. The lowest BCUT2D eigenvalue weighted by molar-refractivity contribution is 0.0949. The molecule has 5 nitrogen and oxygen atoms in total. The number of carbonyl (C=O) groups excluding carboxylic acids is 1. The van der Waals surface area contributed by atoms with Gasteiger partial charge in [0, 0.05) is 17.5 Å². The normalized spacial score (nSPS) is 10.8. The Morgan fingerprint density at radius 3 is 2.67 bits per heavy atom. The van der Waals surface area contributed by atoms with Gasteiger partial charge in [0.05, 0.1) is 12.2 Å². The molecule has 0 saturated heterocycles. The van der Waals surface area contributed by atoms with Crippen LogP contribution in [0.5, 0.6) is 0 Å². The van der Waals surface area contributed by atoms with Crippen LogP contribution in [0.2, 0.25) is 0 Å². The van der Waals surface area contributed by atoms with Gasteiger partial charge in [0.1, 0.15) is 5.52 Å². The van der Waals surface area contributed by atoms with Crippen LogP contribution in [0, 0.1) is 0 Å². The Morgan fingerprint density at radius 1 is 1.00 bits per heavy atom. The van der Waals surface area contributed by atoms with Crippen molar-refractivity contribution in [2.75, 3.05) is 0 Å². The summed E-state index contributed by atoms with van der Waals surface area (Å²) in [5.74, 6) is 0.481. The number of carbonyl (C=O) groups is 1. The van der Waals surface area contributed by atoms with Crippen LogP contribution >= 0.6 is 11.8 Å². The second-order valence-corrected chi connectivity index (χ2v) is 6.82. The summed E-state index contributed by atoms with van der Waals surface area (Å²) < 4.78 is 5.74. The van der Waals surface area contributed by atoms with Crippen molar-refractivity contribution in [1.82, 2.24) is 15.3 Å². The molecule has 0 fully saturated rings. The predicted octanol–water partition coefficient (Wildman–Crippen LogP) is 4.45. The van der Waals surface area contributed by atoms with Gasteiger partial charge in [0.15, 0.2) is 5.58 Å². The van der Waals surface area contributed by atoms with Crippen molar-refractivity contribution in [1.29, 1.82) is 0 Å². The van der Waals surface area contributed by atoms with E-state index in [9.17, 15) is 4.79 Å². The first-order valence-electron chi connectivity index (χ1n) is 8.54. The van der Waals surface area contributed by atoms with E-state index in [-0.39, 0.29) is 5.91 Å². The van der Waals surface area contributed by atoms with E-state index in [4.69, 9.17) is 4.42 Å². The van der Waals surface area contributed by atoms with Crippen LogP contribution in [0.1, 0.15) is 21.6 Å². The SMILES string of the molecule is O=C(NCc1ccccn1)c1ccccc1CSc1nc2ccccc2o1. The van der Waals surface area contributed by atoms with Crippen LogP contribution in [0.15, 0.2) is 82.6 Å². The Labute approximate surface area is 160 Å². The highest BCUT2D eigenvalue weighted by atomic mass is 32.2. The maximum absolute atomic E-state index is 12.6. The molecule has 0 bridgehead atoms. The summed E-state index contributed by atoms with van der Waals surface area (Å²) in [4.78, 5) is 21.3. The molecular formula is C21H17N3O2S. The third kappa shape index (κ3) is 4.17. The Balaban J connectivity index is 1.44. The number of thioether (sulfide) groups is 1. The Kier molecular flexibility index (Phi) is 5.16. The largest absolute Gasteiger partial charge is 0.431 e. The summed E-state index contributed by atoms with van der Waals surface area (Å²) in [6, 6.07) is 20.9. The number of hydrogen-bond donors (Lipinski definition) is 1. The topological polar surface area (TPSA) is 68.0 Å². The summed E-state index contributed by atoms with van der Waals surface area (Å²) in [7, 11) is 0. The molecule has 0 spiro atoms. The number of pyridine rings is 1. The molecule has 134 valence electrons. The smallest absolute Gasteiger partial charge is 0.257 e. The van der Waals surface area contributed by atoms with Crippen LogP contribution in [-0.4, -0.2) is 15.9 Å². The summed E-state index contributed by atoms with van der Waals surface area (Å²) in [5, 5.41) is 3.52. The lowest BCUT2D eigenvalue weighted by atomic mass is 10.1. The lowest BCUT2D eigenvalue weighted by Crippen LogP contribution is -2.24. The zero-order valence-electron chi connectivity index (χ0n) is 14.5. The number of benzene rings is 2. The van der Waals surface area contributed by atoms with E-state index >= 15 is 0 Å². The number of hydrogen-bond acceptors (Lipinski definition) is 5. The number of fused-ring (bicyclic) bond motifs is 1. The van der Waals surface area contributed by atoms with Gasteiger partial charge in [0.2, 0.25) is 0 Å². The molecule has 2 aromatic carbocycles. The first kappa shape index (κ1) is 17.3. The quantitative estimate of drug-likeness (QED) is 0.505. The van der Waals surface area contributed by atoms with E-state index in [1.54, 1.807) is 6.20 Å². The molecular weight excluding hydrogens is 358 g/mol. The van der Waals surface area contributed by atoms with Crippen molar-refractivity contribution in [3.8, 4) is 0 Å². The van der Waals surface area contributed by atoms with Crippen molar-refractivity contribution in [3.05, 3.63) is 89.7 Å². The van der Waals surface area contributed by atoms with E-state index in [1.165, 1.54) is 11.8 Å². The van der Waals surface area contributed by atoms with Crippen molar-refractivity contribution in [2.24, 2.45) is 0 Å². The first-order valence-corrected chi connectivity index (χ1v) is 9.52. The van der Waals surface area contributed by atoms with Crippen molar-refractivity contribution >= 4 is 28.8 Å². The zero-order chi connectivity index (χ0) is 18.5. The second kappa shape index (κ2) is 8.05. The molecule has 2 aromatic heterocycles. The number of para-hydroxylation sites is 2. The molecule has 0 aliphatic heterocycles. The standard InChI is InChI=1S/C21H17N3O2S/c25-20(23-13-16-8-5-6-12-22-16)17-9-2-1-7-15(17)14-27-21-24-18-10-3-4-11-19(18)26-21/h1-12H,13-14H2,(H,23,25). The van der Waals surface area contributed by atoms with Gasteiger partial charge in [-0.15, -0.1) is 0 Å². The molecule has 0 aliphatic carbocycles. The zero-order valence-corrected chi connectivity index (χ0v) is 15.3. The van der Waals surface area contributed by atoms with Gasteiger partial charge in [0.25, 0.3) is 11.1 Å². The highest BCUT2D eigenvalue weighted by molar-refractivity contribution is 7.98. The maximum atomic E-state index is 12.6. The first-order chi connectivity index (χ1) is 13.3. The van der Waals surface area contributed by atoms with Gasteiger partial charge in [-0.25, -0.2) is 4.98 Å². The number of aromatic nitrogens is 2. The molecule has 1 amide bonds. The molecule has 6 heteroatoms. The van der Waals surface area contributed by atoms with Crippen molar-refractivity contribution in [2.45, 2.75) is 17.5 Å². The van der Waals surface area contributed by atoms with Crippen LogP contribution in [0.3, 0.4) is 0 Å². The average molecular weight is 375 g/mol. The monoisotopic (exact) mass is 375 g/mol. The third-order valence-corrected chi connectivity index (χ3v) is 4.92. The van der Waals surface area contributed by atoms with Crippen LogP contribution in [-0.2, 0) is 12.3 Å². The molecule has 0 atom stereocenters. The van der Waals surface area contributed by atoms with Crippen molar-refractivity contribution < 1.29 is 9.21 Å². The molecule has 1 N–H and O–H groups in total. The minimum atomic E-state index is -0.116. The fraction of sp³-hybridized carbons (Fsp3) is 0.0952. The van der Waals surface area contributed by atoms with Gasteiger partial charge in [-0.1, -0.05) is 48.2 Å². The van der Waals surface area contributed by atoms with E-state index in [2.05, 4.69) is 15.3 Å². The number of nitrogens with one attached hydrogen (secondary N) is 1. The molecule has 0 aliphatic rings. The average Bonchev–Trinajstić information content (AvgIpc) is 3.14. The van der Waals surface area contributed by atoms with E-state index in [1.807, 2.05) is 66.7 Å². The number of oxazole rings is 1. The molecule has 0 radical (unpaired) electrons. The van der Waals surface area contributed by atoms with Gasteiger partial charge in [-0.3, -0.25) is 9.78 Å². The maximum Gasteiger partial charge on any atom is 0.257 e. The number of rotatable bonds is 6. The molecule has 27 heavy (non-hydrogen) atoms. The van der Waals surface area contributed by atoms with Crippen LogP contribution < -0.4 is 5.32 Å². The summed E-state index contributed by atoms with van der Waals surface area (Å²) >= 11 is 1.48. The fourth-order valence-corrected chi connectivity index (χ4v) is 3.53. The highest BCUT2D eigenvalue weighted by Crippen LogP contribution is 2.27. The van der Waals surface area contributed by atoms with Crippen molar-refractivity contribution in [3.63, 3.8) is 0 Å². The van der Waals surface area contributed by atoms with Gasteiger partial charge >= 0.3 is 0 Å². The van der Waals surface area contributed by atoms with E-state index < -0.39 is 0 Å². The van der Waals surface area contributed by atoms with Gasteiger partial charge in [-0.05, 0) is 35.9 Å². The van der Waals surface area contributed by atoms with E-state index in [0.717, 1.165) is 22.4 Å². The Hall–Kier alpha value is -3.12. The fourth-order valence-electron chi connectivity index (χ4n) is 2.69. The molecule has 2 heterocycles. The van der Waals surface area contributed by atoms with Crippen LogP contribution in [0.4, 0.5) is 0 Å². The summed E-state index contributed by atoms with van der Waals surface area (Å²) in [6.07, 6.45) is 1.71. The van der Waals surface area contributed by atoms with Crippen LogP contribution in [0.25, 0.3) is 11.1 Å². The summed E-state index contributed by atoms with van der Waals surface area (Å²) in [5.41, 5.74) is 4.01. The molecule has 0 unspecified atom stereocenters. The second-order valence-electron chi connectivity index (χ2n) is 5.90. The molecule has 0 saturated carbocycles. The minimum Gasteiger partial charge on any atom is -0.431 e. The van der Waals surface area contributed by atoms with Gasteiger partial charge in [-0.2, -0.15) is 0 Å². The third-order valence-electron chi connectivity index (χ3n) is 4.04. The number of nitrogens with zero attached hydrogens (tertiary/aromatic N) is 2. The number of amides is 1. The highest BCUT2D eigenvalue weighted by Gasteiger charge is 2.13.